The molecule has 3 aromatic rings. The number of para-hydroxylation sites is 2. The quantitative estimate of drug-likeness (QED) is 0.219. The topological polar surface area (TPSA) is 37.6 Å². The third-order valence-corrected chi connectivity index (χ3v) is 12.7. The van der Waals surface area contributed by atoms with Crippen LogP contribution in [0.1, 0.15) is 200 Å². The van der Waals surface area contributed by atoms with Crippen LogP contribution in [0.2, 0.25) is 5.02 Å². The minimum absolute atomic E-state index is 0.601. The number of benzene rings is 2. The van der Waals surface area contributed by atoms with Gasteiger partial charge in [0.2, 0.25) is 0 Å². The van der Waals surface area contributed by atoms with Gasteiger partial charge >= 0.3 is 0 Å². The van der Waals surface area contributed by atoms with E-state index < -0.39 is 0 Å². The van der Waals surface area contributed by atoms with E-state index in [-0.39, 0.29) is 0 Å². The molecular formula is C45H58ClN3. The summed E-state index contributed by atoms with van der Waals surface area (Å²) in [4.78, 5) is 16.3. The smallest absolute Gasteiger partial charge is 0.0864 e. The van der Waals surface area contributed by atoms with Crippen molar-refractivity contribution in [2.24, 2.45) is 9.98 Å². The van der Waals surface area contributed by atoms with Gasteiger partial charge in [0.15, 0.2) is 0 Å². The molecule has 7 rings (SSSR count). The summed E-state index contributed by atoms with van der Waals surface area (Å²) >= 11 is 6.91. The van der Waals surface area contributed by atoms with E-state index in [4.69, 9.17) is 26.6 Å². The van der Waals surface area contributed by atoms with Gasteiger partial charge in [-0.25, -0.2) is 4.98 Å². The molecule has 0 unspecified atom stereocenters. The van der Waals surface area contributed by atoms with Crippen LogP contribution < -0.4 is 0 Å². The predicted octanol–water partition coefficient (Wildman–Crippen LogP) is 14.2. The highest BCUT2D eigenvalue weighted by Gasteiger charge is 2.27. The van der Waals surface area contributed by atoms with Crippen LogP contribution in [0.15, 0.2) is 58.5 Å². The fourth-order valence-electron chi connectivity index (χ4n) is 9.71. The van der Waals surface area contributed by atoms with Crippen molar-refractivity contribution in [2.45, 2.75) is 166 Å². The first kappa shape index (κ1) is 34.7. The van der Waals surface area contributed by atoms with Gasteiger partial charge < -0.3 is 0 Å². The van der Waals surface area contributed by atoms with Crippen LogP contribution in [0.5, 0.6) is 0 Å². The van der Waals surface area contributed by atoms with E-state index in [1.807, 2.05) is 12.1 Å². The number of nitrogens with zero attached hydrogens (tertiary/aromatic N) is 3. The van der Waals surface area contributed by atoms with E-state index in [2.05, 4.69) is 50.2 Å². The van der Waals surface area contributed by atoms with E-state index in [9.17, 15) is 0 Å². The molecule has 0 atom stereocenters. The van der Waals surface area contributed by atoms with E-state index >= 15 is 0 Å². The molecule has 4 fully saturated rings. The number of pyridine rings is 1. The molecule has 1 heterocycles. The van der Waals surface area contributed by atoms with E-state index in [0.29, 0.717) is 28.7 Å². The molecule has 3 nitrogen and oxygen atoms in total. The minimum atomic E-state index is 0.601. The lowest BCUT2D eigenvalue weighted by Crippen LogP contribution is -2.11. The van der Waals surface area contributed by atoms with Gasteiger partial charge in [0.1, 0.15) is 0 Å². The van der Waals surface area contributed by atoms with Gasteiger partial charge in [0, 0.05) is 5.02 Å². The lowest BCUT2D eigenvalue weighted by Gasteiger charge is -2.28. The van der Waals surface area contributed by atoms with Crippen LogP contribution in [-0.4, -0.2) is 16.4 Å². The molecule has 0 N–H and O–H groups in total. The monoisotopic (exact) mass is 675 g/mol. The predicted molar refractivity (Wildman–Crippen MR) is 209 cm³/mol. The molecule has 0 saturated heterocycles. The number of hydrogen-bond donors (Lipinski definition) is 0. The molecule has 0 amide bonds. The Kier molecular flexibility index (Phi) is 11.7. The van der Waals surface area contributed by atoms with Crippen molar-refractivity contribution >= 4 is 34.4 Å². The summed E-state index contributed by atoms with van der Waals surface area (Å²) in [5.41, 5.74) is 11.9. The van der Waals surface area contributed by atoms with Gasteiger partial charge in [0.25, 0.3) is 0 Å². The third-order valence-electron chi connectivity index (χ3n) is 12.5. The Morgan fingerprint density at radius 2 is 0.776 bits per heavy atom. The van der Waals surface area contributed by atoms with E-state index in [0.717, 1.165) is 22.8 Å². The van der Waals surface area contributed by atoms with Crippen molar-refractivity contribution in [3.8, 4) is 0 Å². The second-order valence-electron chi connectivity index (χ2n) is 15.9. The van der Waals surface area contributed by atoms with Crippen molar-refractivity contribution in [3.05, 3.63) is 87.2 Å². The maximum atomic E-state index is 6.91. The number of aromatic nitrogens is 1. The fourth-order valence-corrected chi connectivity index (χ4v) is 9.91. The van der Waals surface area contributed by atoms with Crippen molar-refractivity contribution in [3.63, 3.8) is 0 Å². The van der Waals surface area contributed by atoms with Crippen LogP contribution in [0, 0.1) is 0 Å². The third kappa shape index (κ3) is 8.24. The normalized spacial score (nSPS) is 21.3. The molecule has 0 spiro atoms. The maximum Gasteiger partial charge on any atom is 0.0864 e. The molecule has 0 radical (unpaired) electrons. The molecular weight excluding hydrogens is 618 g/mol. The highest BCUT2D eigenvalue weighted by molar-refractivity contribution is 6.31. The minimum Gasteiger partial charge on any atom is -0.251 e. The van der Waals surface area contributed by atoms with Crippen molar-refractivity contribution in [1.82, 2.24) is 4.98 Å². The Bertz CT molecular complexity index is 1440. The lowest BCUT2D eigenvalue weighted by atomic mass is 9.78. The Hall–Kier alpha value is -2.78. The van der Waals surface area contributed by atoms with Crippen molar-refractivity contribution < 1.29 is 0 Å². The van der Waals surface area contributed by atoms with Crippen LogP contribution in [0.3, 0.4) is 0 Å². The summed E-state index contributed by atoms with van der Waals surface area (Å²) in [6.45, 7) is 4.27. The van der Waals surface area contributed by atoms with Gasteiger partial charge in [-0.1, -0.05) is 125 Å². The molecule has 1 aromatic heterocycles. The number of aliphatic imine (C=N–C) groups is 2. The Morgan fingerprint density at radius 3 is 1.06 bits per heavy atom. The molecule has 0 aliphatic heterocycles. The second-order valence-corrected chi connectivity index (χ2v) is 16.3. The van der Waals surface area contributed by atoms with Crippen LogP contribution in [0.25, 0.3) is 0 Å². The first-order valence-corrected chi connectivity index (χ1v) is 20.5. The highest BCUT2D eigenvalue weighted by Crippen LogP contribution is 2.46. The van der Waals surface area contributed by atoms with E-state index in [1.165, 1.54) is 162 Å². The summed E-state index contributed by atoms with van der Waals surface area (Å²) in [5.74, 6) is 2.40. The number of hydrogen-bond acceptors (Lipinski definition) is 3. The highest BCUT2D eigenvalue weighted by atomic mass is 35.5. The second kappa shape index (κ2) is 16.5. The lowest BCUT2D eigenvalue weighted by molar-refractivity contribution is 0.436. The largest absolute Gasteiger partial charge is 0.251 e. The standard InChI is InChI=1S/C45H58ClN3/c1-31(47-44-38(33-17-7-3-8-18-33)25-15-26-39(44)34-19-9-4-10-20-34)42-29-37(46)30-43(49-42)32(2)48-45-40(35-21-11-5-12-22-35)27-16-28-41(45)36-23-13-6-14-24-36/h15-16,25-30,33-36H,3-14,17-24H2,1-2H3. The molecule has 4 saturated carbocycles. The summed E-state index contributed by atoms with van der Waals surface area (Å²) < 4.78 is 0. The summed E-state index contributed by atoms with van der Waals surface area (Å²) in [6.07, 6.45) is 26.2. The number of rotatable bonds is 8. The summed E-state index contributed by atoms with van der Waals surface area (Å²) in [6, 6.07) is 18.1. The van der Waals surface area contributed by atoms with E-state index in [1.54, 1.807) is 0 Å². The maximum absolute atomic E-state index is 6.91. The number of halogens is 1. The first-order chi connectivity index (χ1) is 24.0. The van der Waals surface area contributed by atoms with Crippen LogP contribution in [0.4, 0.5) is 11.4 Å². The summed E-state index contributed by atoms with van der Waals surface area (Å²) in [5, 5.41) is 0.699. The van der Waals surface area contributed by atoms with Gasteiger partial charge in [0.05, 0.1) is 34.2 Å². The van der Waals surface area contributed by atoms with Gasteiger partial charge in [-0.15, -0.1) is 0 Å². The zero-order valence-corrected chi connectivity index (χ0v) is 31.0. The summed E-state index contributed by atoms with van der Waals surface area (Å²) in [7, 11) is 0. The Balaban J connectivity index is 1.27. The molecule has 260 valence electrons. The molecule has 2 aromatic carbocycles. The van der Waals surface area contributed by atoms with Crippen molar-refractivity contribution in [2.75, 3.05) is 0 Å². The first-order valence-electron chi connectivity index (χ1n) is 20.1. The van der Waals surface area contributed by atoms with Crippen LogP contribution >= 0.6 is 11.6 Å². The van der Waals surface area contributed by atoms with Crippen LogP contribution in [-0.2, 0) is 0 Å². The van der Waals surface area contributed by atoms with Crippen molar-refractivity contribution in [1.29, 1.82) is 0 Å². The zero-order valence-electron chi connectivity index (χ0n) is 30.3. The Morgan fingerprint density at radius 1 is 0.490 bits per heavy atom. The average Bonchev–Trinajstić information content (AvgIpc) is 3.16. The molecule has 4 heteroatoms. The molecule has 49 heavy (non-hydrogen) atoms. The molecule has 0 bridgehead atoms. The van der Waals surface area contributed by atoms with Gasteiger partial charge in [-0.3, -0.25) is 9.98 Å². The van der Waals surface area contributed by atoms with Gasteiger partial charge in [-0.05, 0) is 123 Å². The van der Waals surface area contributed by atoms with Gasteiger partial charge in [-0.2, -0.15) is 0 Å². The Labute approximate surface area is 301 Å². The zero-order chi connectivity index (χ0) is 33.6. The average molecular weight is 676 g/mol. The molecule has 4 aliphatic rings. The SMILES string of the molecule is CC(=Nc1c(C2CCCCC2)cccc1C1CCCCC1)c1cc(Cl)cc(C(C)=Nc2c(C3CCCCC3)cccc2C2CCCCC2)n1. The molecule has 4 aliphatic carbocycles. The fraction of sp³-hybridized carbons (Fsp3) is 0.578.